The first-order valence-electron chi connectivity index (χ1n) is 7.68. The van der Waals surface area contributed by atoms with E-state index in [4.69, 9.17) is 0 Å². The molecule has 1 amide bonds. The van der Waals surface area contributed by atoms with E-state index >= 15 is 0 Å². The Morgan fingerprint density at radius 2 is 2.10 bits per heavy atom. The smallest absolute Gasteiger partial charge is 0.255 e. The van der Waals surface area contributed by atoms with Gasteiger partial charge in [-0.3, -0.25) is 4.79 Å². The Bertz CT molecular complexity index is 453. The molecule has 1 fully saturated rings. The van der Waals surface area contributed by atoms with Gasteiger partial charge in [-0.05, 0) is 43.7 Å². The lowest BCUT2D eigenvalue weighted by Gasteiger charge is -2.27. The maximum Gasteiger partial charge on any atom is 0.255 e. The van der Waals surface area contributed by atoms with Gasteiger partial charge in [-0.1, -0.05) is 19.8 Å². The Morgan fingerprint density at radius 1 is 1.35 bits per heavy atom. The highest BCUT2D eigenvalue weighted by molar-refractivity contribution is 5.98. The lowest BCUT2D eigenvalue weighted by Crippen LogP contribution is -2.36. The quantitative estimate of drug-likeness (QED) is 0.838. The minimum atomic E-state index is -0.0197. The summed E-state index contributed by atoms with van der Waals surface area (Å²) >= 11 is 0. The third kappa shape index (κ3) is 3.30. The van der Waals surface area contributed by atoms with Gasteiger partial charge in [0.05, 0.1) is 5.56 Å². The predicted octanol–water partition coefficient (Wildman–Crippen LogP) is 3.21. The predicted molar refractivity (Wildman–Crippen MR) is 81.9 cm³/mol. The molecule has 0 aliphatic heterocycles. The molecule has 4 nitrogen and oxygen atoms in total. The molecule has 1 aromatic heterocycles. The molecular formula is C16H25N3O. The molecule has 1 aromatic rings. The molecule has 0 radical (unpaired) electrons. The van der Waals surface area contributed by atoms with Gasteiger partial charge in [0.25, 0.3) is 5.91 Å². The minimum absolute atomic E-state index is 0.0197. The maximum absolute atomic E-state index is 12.4. The van der Waals surface area contributed by atoms with Gasteiger partial charge in [0.15, 0.2) is 0 Å². The van der Waals surface area contributed by atoms with Gasteiger partial charge < -0.3 is 10.6 Å². The number of hydrogen-bond donors (Lipinski definition) is 2. The molecule has 2 N–H and O–H groups in total. The normalized spacial score (nSPS) is 16.9. The molecule has 4 heteroatoms. The van der Waals surface area contributed by atoms with Gasteiger partial charge in [-0.2, -0.15) is 0 Å². The van der Waals surface area contributed by atoms with Gasteiger partial charge in [-0.25, -0.2) is 4.98 Å². The van der Waals surface area contributed by atoms with Crippen LogP contribution >= 0.6 is 0 Å². The number of hydrogen-bond acceptors (Lipinski definition) is 3. The summed E-state index contributed by atoms with van der Waals surface area (Å²) in [5.41, 5.74) is 0.953. The van der Waals surface area contributed by atoms with Gasteiger partial charge in [0.1, 0.15) is 5.82 Å². The second kappa shape index (κ2) is 6.73. The first-order chi connectivity index (χ1) is 9.71. The Hall–Kier alpha value is -1.58. The van der Waals surface area contributed by atoms with Crippen LogP contribution in [0.25, 0.3) is 0 Å². The molecule has 0 unspecified atom stereocenters. The zero-order valence-corrected chi connectivity index (χ0v) is 12.5. The van der Waals surface area contributed by atoms with Crippen molar-refractivity contribution in [3.05, 3.63) is 23.9 Å². The molecule has 0 bridgehead atoms. The van der Waals surface area contributed by atoms with Crippen LogP contribution < -0.4 is 10.6 Å². The molecular weight excluding hydrogens is 250 g/mol. The Kier molecular flexibility index (Phi) is 4.99. The van der Waals surface area contributed by atoms with Crippen LogP contribution in [0.1, 0.15) is 56.3 Å². The summed E-state index contributed by atoms with van der Waals surface area (Å²) in [5, 5.41) is 6.25. The van der Waals surface area contributed by atoms with Crippen LogP contribution in [-0.4, -0.2) is 24.0 Å². The molecule has 1 aliphatic rings. The third-order valence-electron chi connectivity index (χ3n) is 4.43. The molecule has 1 heterocycles. The number of aromatic nitrogens is 1. The zero-order chi connectivity index (χ0) is 14.4. The lowest BCUT2D eigenvalue weighted by molar-refractivity contribution is 0.0929. The summed E-state index contributed by atoms with van der Waals surface area (Å²) in [5.74, 6) is 0.651. The Labute approximate surface area is 121 Å². The van der Waals surface area contributed by atoms with Crippen LogP contribution in [-0.2, 0) is 0 Å². The number of nitrogens with one attached hydrogen (secondary N) is 2. The van der Waals surface area contributed by atoms with E-state index in [1.54, 1.807) is 12.3 Å². The van der Waals surface area contributed by atoms with Crippen LogP contribution in [0.5, 0.6) is 0 Å². The summed E-state index contributed by atoms with van der Waals surface area (Å²) in [6.45, 7) is 5.77. The van der Waals surface area contributed by atoms with Crippen LogP contribution in [0.4, 0.5) is 5.82 Å². The highest BCUT2D eigenvalue weighted by atomic mass is 16.1. The molecule has 2 rings (SSSR count). The van der Waals surface area contributed by atoms with E-state index in [1.807, 2.05) is 13.0 Å². The van der Waals surface area contributed by atoms with E-state index in [-0.39, 0.29) is 5.91 Å². The molecule has 20 heavy (non-hydrogen) atoms. The average Bonchev–Trinajstić information content (AvgIpc) is 2.95. The molecule has 0 aromatic carbocycles. The van der Waals surface area contributed by atoms with E-state index in [1.165, 1.54) is 25.7 Å². The van der Waals surface area contributed by atoms with Gasteiger partial charge >= 0.3 is 0 Å². The van der Waals surface area contributed by atoms with Crippen LogP contribution in [0.2, 0.25) is 0 Å². The van der Waals surface area contributed by atoms with Crippen molar-refractivity contribution in [2.45, 2.75) is 46.0 Å². The van der Waals surface area contributed by atoms with Crippen molar-refractivity contribution in [2.24, 2.45) is 5.41 Å². The van der Waals surface area contributed by atoms with Crippen molar-refractivity contribution in [3.63, 3.8) is 0 Å². The fraction of sp³-hybridized carbons (Fsp3) is 0.625. The first kappa shape index (κ1) is 14.8. The summed E-state index contributed by atoms with van der Waals surface area (Å²) in [7, 11) is 0. The van der Waals surface area contributed by atoms with Crippen molar-refractivity contribution >= 4 is 11.7 Å². The minimum Gasteiger partial charge on any atom is -0.370 e. The number of pyridine rings is 1. The fourth-order valence-corrected chi connectivity index (χ4v) is 3.04. The lowest BCUT2D eigenvalue weighted by atomic mass is 9.83. The van der Waals surface area contributed by atoms with Crippen LogP contribution in [0, 0.1) is 5.41 Å². The highest BCUT2D eigenvalue weighted by Crippen LogP contribution is 2.40. The number of amides is 1. The number of nitrogens with zero attached hydrogens (tertiary/aromatic N) is 1. The van der Waals surface area contributed by atoms with Crippen molar-refractivity contribution in [1.82, 2.24) is 10.3 Å². The Morgan fingerprint density at radius 3 is 2.75 bits per heavy atom. The van der Waals surface area contributed by atoms with E-state index in [2.05, 4.69) is 22.5 Å². The van der Waals surface area contributed by atoms with Crippen LogP contribution in [0.15, 0.2) is 18.3 Å². The van der Waals surface area contributed by atoms with Crippen molar-refractivity contribution < 1.29 is 4.79 Å². The zero-order valence-electron chi connectivity index (χ0n) is 12.5. The van der Waals surface area contributed by atoms with E-state index in [9.17, 15) is 4.79 Å². The van der Waals surface area contributed by atoms with E-state index in [0.29, 0.717) is 16.8 Å². The third-order valence-corrected chi connectivity index (χ3v) is 4.43. The molecule has 110 valence electrons. The molecule has 1 saturated carbocycles. The van der Waals surface area contributed by atoms with Gasteiger partial charge in [0, 0.05) is 19.3 Å². The first-order valence-corrected chi connectivity index (χ1v) is 7.68. The number of anilines is 1. The molecule has 0 spiro atoms. The molecule has 0 saturated heterocycles. The van der Waals surface area contributed by atoms with Crippen molar-refractivity contribution in [3.8, 4) is 0 Å². The van der Waals surface area contributed by atoms with Gasteiger partial charge in [-0.15, -0.1) is 0 Å². The number of carbonyl (C=O) groups excluding carboxylic acids is 1. The highest BCUT2D eigenvalue weighted by Gasteiger charge is 2.32. The summed E-state index contributed by atoms with van der Waals surface area (Å²) in [4.78, 5) is 16.6. The molecule has 1 aliphatic carbocycles. The summed E-state index contributed by atoms with van der Waals surface area (Å²) in [6, 6.07) is 3.63. The molecule has 0 atom stereocenters. The standard InChI is InChI=1S/C16H25N3O/c1-3-16(9-5-6-10-16)12-19-15(20)13-8-7-11-18-14(13)17-4-2/h7-8,11H,3-6,9-10,12H2,1-2H3,(H,17,18)(H,19,20). The number of carbonyl (C=O) groups is 1. The van der Waals surface area contributed by atoms with Crippen molar-refractivity contribution in [2.75, 3.05) is 18.4 Å². The monoisotopic (exact) mass is 275 g/mol. The summed E-state index contributed by atoms with van der Waals surface area (Å²) in [6.07, 6.45) is 7.89. The fourth-order valence-electron chi connectivity index (χ4n) is 3.04. The van der Waals surface area contributed by atoms with E-state index < -0.39 is 0 Å². The Balaban J connectivity index is 2.01. The van der Waals surface area contributed by atoms with Crippen LogP contribution in [0.3, 0.4) is 0 Å². The second-order valence-corrected chi connectivity index (χ2v) is 5.67. The van der Waals surface area contributed by atoms with E-state index in [0.717, 1.165) is 19.5 Å². The average molecular weight is 275 g/mol. The van der Waals surface area contributed by atoms with Crippen molar-refractivity contribution in [1.29, 1.82) is 0 Å². The van der Waals surface area contributed by atoms with Gasteiger partial charge in [0.2, 0.25) is 0 Å². The maximum atomic E-state index is 12.4. The number of rotatable bonds is 6. The second-order valence-electron chi connectivity index (χ2n) is 5.67. The topological polar surface area (TPSA) is 54.0 Å². The SMILES string of the molecule is CCNc1ncccc1C(=O)NCC1(CC)CCCC1. The largest absolute Gasteiger partial charge is 0.370 e. The summed E-state index contributed by atoms with van der Waals surface area (Å²) < 4.78 is 0.